The van der Waals surface area contributed by atoms with Crippen molar-refractivity contribution in [3.05, 3.63) is 59.4 Å². The fraction of sp³-hybridized carbons (Fsp3) is 0.320. The highest BCUT2D eigenvalue weighted by atomic mass is 16.5. The van der Waals surface area contributed by atoms with Crippen LogP contribution in [0.1, 0.15) is 56.3 Å². The zero-order valence-corrected chi connectivity index (χ0v) is 16.7. The van der Waals surface area contributed by atoms with Gasteiger partial charge in [0, 0.05) is 16.2 Å². The monoisotopic (exact) mass is 373 g/mol. The van der Waals surface area contributed by atoms with E-state index in [2.05, 4.69) is 41.7 Å². The van der Waals surface area contributed by atoms with Crippen LogP contribution in [0.3, 0.4) is 0 Å². The van der Waals surface area contributed by atoms with E-state index in [1.165, 1.54) is 36.4 Å². The van der Waals surface area contributed by atoms with Crippen LogP contribution >= 0.6 is 0 Å². The molecule has 3 nitrogen and oxygen atoms in total. The summed E-state index contributed by atoms with van der Waals surface area (Å²) in [7, 11) is 0. The lowest BCUT2D eigenvalue weighted by Crippen LogP contribution is -2.08. The lowest BCUT2D eigenvalue weighted by molar-refractivity contribution is 0.0531. The van der Waals surface area contributed by atoms with E-state index in [9.17, 15) is 4.79 Å². The molecule has 0 saturated carbocycles. The zero-order chi connectivity index (χ0) is 19.5. The molecule has 4 aromatic rings. The number of hydrogen-bond donors (Lipinski definition) is 0. The summed E-state index contributed by atoms with van der Waals surface area (Å²) in [6.07, 6.45) is 8.37. The molecule has 0 fully saturated rings. The minimum absolute atomic E-state index is 0.244. The molecule has 0 atom stereocenters. The van der Waals surface area contributed by atoms with Crippen molar-refractivity contribution in [1.29, 1.82) is 0 Å². The third kappa shape index (κ3) is 3.05. The first kappa shape index (κ1) is 18.5. The van der Waals surface area contributed by atoms with E-state index in [0.717, 1.165) is 28.2 Å². The predicted molar refractivity (Wildman–Crippen MR) is 117 cm³/mol. The van der Waals surface area contributed by atoms with Crippen LogP contribution in [0.4, 0.5) is 0 Å². The summed E-state index contributed by atoms with van der Waals surface area (Å²) in [6.45, 7) is 4.46. The van der Waals surface area contributed by atoms with E-state index < -0.39 is 0 Å². The van der Waals surface area contributed by atoms with E-state index in [-0.39, 0.29) is 5.97 Å². The van der Waals surface area contributed by atoms with Crippen LogP contribution in [0.5, 0.6) is 0 Å². The Balaban J connectivity index is 2.02. The summed E-state index contributed by atoms with van der Waals surface area (Å²) in [4.78, 5) is 12.9. The summed E-state index contributed by atoms with van der Waals surface area (Å²) < 4.78 is 7.68. The first-order valence-corrected chi connectivity index (χ1v) is 10.4. The molecular formula is C25H27NO2. The molecule has 0 spiro atoms. The van der Waals surface area contributed by atoms with Gasteiger partial charge in [-0.05, 0) is 25.8 Å². The van der Waals surface area contributed by atoms with Gasteiger partial charge in [-0.2, -0.15) is 0 Å². The fourth-order valence-electron chi connectivity index (χ4n) is 4.20. The standard InChI is InChI=1S/C25H27NO2/c1-3-5-6-7-8-16-21-18-13-9-10-14-19(18)24-23(25(27)28-4-2)20-15-11-12-17-22(20)26(21)24/h9-17H,3-8H2,1-2H3/b21-16-. The Morgan fingerprint density at radius 1 is 0.929 bits per heavy atom. The van der Waals surface area contributed by atoms with Gasteiger partial charge in [-0.15, -0.1) is 0 Å². The van der Waals surface area contributed by atoms with Crippen LogP contribution in [-0.2, 0) is 4.74 Å². The molecule has 0 N–H and O–H groups in total. The predicted octanol–water partition coefficient (Wildman–Crippen LogP) is 5.89. The van der Waals surface area contributed by atoms with Gasteiger partial charge in [0.05, 0.1) is 28.6 Å². The molecule has 0 aliphatic heterocycles. The van der Waals surface area contributed by atoms with E-state index in [4.69, 9.17) is 4.74 Å². The quantitative estimate of drug-likeness (QED) is 0.299. The molecule has 3 heteroatoms. The second-order valence-corrected chi connectivity index (χ2v) is 7.28. The third-order valence-electron chi connectivity index (χ3n) is 5.45. The Morgan fingerprint density at radius 2 is 1.64 bits per heavy atom. The molecule has 2 aromatic carbocycles. The van der Waals surface area contributed by atoms with Crippen LogP contribution in [0.2, 0.25) is 0 Å². The molecule has 28 heavy (non-hydrogen) atoms. The molecule has 2 heterocycles. The first-order chi connectivity index (χ1) is 13.8. The maximum absolute atomic E-state index is 12.9. The van der Waals surface area contributed by atoms with Gasteiger partial charge in [-0.25, -0.2) is 4.79 Å². The number of benzene rings is 2. The van der Waals surface area contributed by atoms with Crippen molar-refractivity contribution in [2.75, 3.05) is 6.61 Å². The molecule has 0 aliphatic rings. The molecule has 144 valence electrons. The summed E-state index contributed by atoms with van der Waals surface area (Å²) in [5, 5.41) is 4.46. The van der Waals surface area contributed by atoms with Crippen molar-refractivity contribution in [3.8, 4) is 0 Å². The molecule has 2 aromatic heterocycles. The number of esters is 1. The first-order valence-electron chi connectivity index (χ1n) is 10.4. The summed E-state index contributed by atoms with van der Waals surface area (Å²) >= 11 is 0. The number of aromatic nitrogens is 1. The number of nitrogens with zero attached hydrogens (tertiary/aromatic N) is 1. The Kier molecular flexibility index (Phi) is 5.34. The topological polar surface area (TPSA) is 30.7 Å². The summed E-state index contributed by atoms with van der Waals surface area (Å²) in [5.74, 6) is -0.244. The number of fused-ring (bicyclic) bond motifs is 5. The number of rotatable bonds is 7. The minimum Gasteiger partial charge on any atom is -0.462 e. The van der Waals surface area contributed by atoms with Crippen LogP contribution in [0.25, 0.3) is 33.3 Å². The molecule has 0 amide bonds. The van der Waals surface area contributed by atoms with Crippen molar-refractivity contribution >= 4 is 39.2 Å². The smallest absolute Gasteiger partial charge is 0.340 e. The summed E-state index contributed by atoms with van der Waals surface area (Å²) in [6, 6.07) is 16.5. The van der Waals surface area contributed by atoms with Gasteiger partial charge in [-0.3, -0.25) is 0 Å². The lowest BCUT2D eigenvalue weighted by atomic mass is 10.1. The Labute approximate surface area is 165 Å². The maximum Gasteiger partial charge on any atom is 0.340 e. The van der Waals surface area contributed by atoms with Crippen molar-refractivity contribution in [1.82, 2.24) is 4.40 Å². The van der Waals surface area contributed by atoms with E-state index in [1.54, 1.807) is 0 Å². The highest BCUT2D eigenvalue weighted by Crippen LogP contribution is 2.32. The number of carbonyl (C=O) groups is 1. The molecular weight excluding hydrogens is 346 g/mol. The fourth-order valence-corrected chi connectivity index (χ4v) is 4.20. The third-order valence-corrected chi connectivity index (χ3v) is 5.45. The Morgan fingerprint density at radius 3 is 2.39 bits per heavy atom. The molecule has 0 unspecified atom stereocenters. The molecule has 4 rings (SSSR count). The van der Waals surface area contributed by atoms with Gasteiger partial charge in [-0.1, -0.05) is 74.7 Å². The average molecular weight is 373 g/mol. The second-order valence-electron chi connectivity index (χ2n) is 7.28. The van der Waals surface area contributed by atoms with Gasteiger partial charge < -0.3 is 9.14 Å². The largest absolute Gasteiger partial charge is 0.462 e. The normalized spacial score (nSPS) is 12.4. The summed E-state index contributed by atoms with van der Waals surface area (Å²) in [5.41, 5.74) is 2.71. The molecule has 0 radical (unpaired) electrons. The number of unbranched alkanes of at least 4 members (excludes halogenated alkanes) is 4. The van der Waals surface area contributed by atoms with Crippen molar-refractivity contribution in [3.63, 3.8) is 0 Å². The minimum atomic E-state index is -0.244. The SMILES string of the molecule is CCCCCC/C=c1/c2ccccc2c2c(C(=O)OCC)c3ccccc3n12. The van der Waals surface area contributed by atoms with E-state index >= 15 is 0 Å². The number of ether oxygens (including phenoxy) is 1. The molecule has 0 aliphatic carbocycles. The van der Waals surface area contributed by atoms with Gasteiger partial charge in [0.1, 0.15) is 0 Å². The molecule has 0 bridgehead atoms. The zero-order valence-electron chi connectivity index (χ0n) is 16.7. The number of hydrogen-bond acceptors (Lipinski definition) is 2. The van der Waals surface area contributed by atoms with Gasteiger partial charge >= 0.3 is 5.97 Å². The van der Waals surface area contributed by atoms with E-state index in [1.807, 2.05) is 31.2 Å². The number of carbonyl (C=O) groups excluding carboxylic acids is 1. The van der Waals surface area contributed by atoms with Crippen LogP contribution < -0.4 is 5.35 Å². The molecule has 0 saturated heterocycles. The Hall–Kier alpha value is -2.81. The number of para-hydroxylation sites is 1. The average Bonchev–Trinajstić information content (AvgIpc) is 3.21. The highest BCUT2D eigenvalue weighted by molar-refractivity contribution is 6.18. The van der Waals surface area contributed by atoms with Gasteiger partial charge in [0.2, 0.25) is 0 Å². The van der Waals surface area contributed by atoms with Crippen LogP contribution in [0, 0.1) is 0 Å². The van der Waals surface area contributed by atoms with Crippen molar-refractivity contribution in [2.45, 2.75) is 46.0 Å². The van der Waals surface area contributed by atoms with Crippen molar-refractivity contribution < 1.29 is 9.53 Å². The van der Waals surface area contributed by atoms with Crippen molar-refractivity contribution in [2.24, 2.45) is 0 Å². The van der Waals surface area contributed by atoms with Crippen LogP contribution in [0.15, 0.2) is 48.5 Å². The van der Waals surface area contributed by atoms with Gasteiger partial charge in [0.25, 0.3) is 0 Å². The van der Waals surface area contributed by atoms with Crippen LogP contribution in [-0.4, -0.2) is 17.0 Å². The van der Waals surface area contributed by atoms with Gasteiger partial charge in [0.15, 0.2) is 0 Å². The lowest BCUT2D eigenvalue weighted by Gasteiger charge is -2.01. The maximum atomic E-state index is 12.9. The second kappa shape index (κ2) is 8.05. The highest BCUT2D eigenvalue weighted by Gasteiger charge is 2.23. The van der Waals surface area contributed by atoms with E-state index in [0.29, 0.717) is 12.2 Å². The Bertz CT molecular complexity index is 1180.